The van der Waals surface area contributed by atoms with Crippen molar-refractivity contribution in [1.82, 2.24) is 5.43 Å². The highest BCUT2D eigenvalue weighted by molar-refractivity contribution is 6.39. The van der Waals surface area contributed by atoms with Crippen LogP contribution in [0.25, 0.3) is 0 Å². The summed E-state index contributed by atoms with van der Waals surface area (Å²) in [5.41, 5.74) is 3.84. The van der Waals surface area contributed by atoms with Gasteiger partial charge < -0.3 is 20.1 Å². The third kappa shape index (κ3) is 8.04. The lowest BCUT2D eigenvalue weighted by Crippen LogP contribution is -2.32. The van der Waals surface area contributed by atoms with Crippen LogP contribution in [0.2, 0.25) is 5.02 Å². The molecule has 37 heavy (non-hydrogen) atoms. The molecule has 0 atom stereocenters. The Balaban J connectivity index is 1.58. The zero-order chi connectivity index (χ0) is 26.8. The molecule has 0 spiro atoms. The number of halogens is 2. The fourth-order valence-electron chi connectivity index (χ4n) is 3.06. The Bertz CT molecular complexity index is 1290. The number of hydrogen-bond donors (Lipinski definition) is 3. The maximum atomic E-state index is 14.0. The van der Waals surface area contributed by atoms with E-state index in [0.717, 1.165) is 0 Å². The summed E-state index contributed by atoms with van der Waals surface area (Å²) in [6.45, 7) is 3.43. The molecule has 192 valence electrons. The van der Waals surface area contributed by atoms with Crippen molar-refractivity contribution >= 4 is 46.9 Å². The highest BCUT2D eigenvalue weighted by atomic mass is 35.5. The summed E-state index contributed by atoms with van der Waals surface area (Å²) in [4.78, 5) is 35.2. The SMILES string of the molecule is CCOc1cc(/C=N/NC(=O)C(=O)Nc2ccc(NC(C)=O)cc2)ccc1OCc1c(F)cccc1Cl. The molecule has 0 fully saturated rings. The highest BCUT2D eigenvalue weighted by Gasteiger charge is 2.14. The predicted octanol–water partition coefficient (Wildman–Crippen LogP) is 4.50. The molecule has 11 heteroatoms. The molecule has 0 heterocycles. The Morgan fingerprint density at radius 3 is 2.30 bits per heavy atom. The number of carbonyl (C=O) groups is 3. The van der Waals surface area contributed by atoms with Gasteiger partial charge in [0.05, 0.1) is 17.8 Å². The van der Waals surface area contributed by atoms with Gasteiger partial charge in [0, 0.05) is 23.9 Å². The van der Waals surface area contributed by atoms with Crippen molar-refractivity contribution in [2.45, 2.75) is 20.5 Å². The fourth-order valence-corrected chi connectivity index (χ4v) is 3.27. The number of anilines is 2. The van der Waals surface area contributed by atoms with E-state index in [1.807, 2.05) is 0 Å². The van der Waals surface area contributed by atoms with Crippen LogP contribution in [0.3, 0.4) is 0 Å². The van der Waals surface area contributed by atoms with Gasteiger partial charge in [-0.25, -0.2) is 9.82 Å². The van der Waals surface area contributed by atoms with Crippen molar-refractivity contribution < 1.29 is 28.2 Å². The molecule has 3 aromatic rings. The summed E-state index contributed by atoms with van der Waals surface area (Å²) >= 11 is 6.05. The van der Waals surface area contributed by atoms with Gasteiger partial charge >= 0.3 is 11.8 Å². The number of ether oxygens (including phenoxy) is 2. The molecule has 0 aromatic heterocycles. The number of rotatable bonds is 9. The van der Waals surface area contributed by atoms with Crippen molar-refractivity contribution in [3.8, 4) is 11.5 Å². The molecule has 0 aliphatic carbocycles. The molecule has 9 nitrogen and oxygen atoms in total. The van der Waals surface area contributed by atoms with E-state index >= 15 is 0 Å². The number of nitrogens with zero attached hydrogens (tertiary/aromatic N) is 1. The minimum Gasteiger partial charge on any atom is -0.490 e. The number of benzene rings is 3. The van der Waals surface area contributed by atoms with Crippen LogP contribution in [0.5, 0.6) is 11.5 Å². The molecular formula is C26H24ClFN4O5. The summed E-state index contributed by atoms with van der Waals surface area (Å²) in [5.74, 6) is -1.85. The molecule has 3 N–H and O–H groups in total. The lowest BCUT2D eigenvalue weighted by molar-refractivity contribution is -0.136. The van der Waals surface area contributed by atoms with Crippen molar-refractivity contribution in [3.63, 3.8) is 0 Å². The Morgan fingerprint density at radius 2 is 1.65 bits per heavy atom. The summed E-state index contributed by atoms with van der Waals surface area (Å²) in [6, 6.07) is 15.5. The Kier molecular flexibility index (Phi) is 9.56. The second kappa shape index (κ2) is 13.0. The van der Waals surface area contributed by atoms with Gasteiger partial charge in [0.2, 0.25) is 5.91 Å². The molecular weight excluding hydrogens is 503 g/mol. The molecule has 0 aliphatic heterocycles. The molecule has 3 amide bonds. The molecule has 3 rings (SSSR count). The summed E-state index contributed by atoms with van der Waals surface area (Å²) in [6.07, 6.45) is 1.33. The number of nitrogens with one attached hydrogen (secondary N) is 3. The summed E-state index contributed by atoms with van der Waals surface area (Å²) < 4.78 is 25.3. The molecule has 0 radical (unpaired) electrons. The Morgan fingerprint density at radius 1 is 0.946 bits per heavy atom. The first-order chi connectivity index (χ1) is 17.8. The molecule has 0 saturated carbocycles. The quantitative estimate of drug-likeness (QED) is 0.215. The lowest BCUT2D eigenvalue weighted by Gasteiger charge is -2.13. The molecule has 0 unspecified atom stereocenters. The minimum absolute atomic E-state index is 0.0971. The van der Waals surface area contributed by atoms with Gasteiger partial charge in [-0.05, 0) is 67.1 Å². The number of amides is 3. The summed E-state index contributed by atoms with van der Waals surface area (Å²) in [5, 5.41) is 9.08. The third-order valence-corrected chi connectivity index (χ3v) is 5.10. The van der Waals surface area contributed by atoms with E-state index in [-0.39, 0.29) is 23.1 Å². The van der Waals surface area contributed by atoms with Crippen molar-refractivity contribution in [3.05, 3.63) is 82.6 Å². The first kappa shape index (κ1) is 27.2. The topological polar surface area (TPSA) is 118 Å². The van der Waals surface area contributed by atoms with Crippen LogP contribution in [0.1, 0.15) is 25.0 Å². The fraction of sp³-hybridized carbons (Fsp3) is 0.154. The van der Waals surface area contributed by atoms with E-state index in [2.05, 4.69) is 21.2 Å². The average Bonchev–Trinajstić information content (AvgIpc) is 2.85. The van der Waals surface area contributed by atoms with E-state index in [9.17, 15) is 18.8 Å². The first-order valence-electron chi connectivity index (χ1n) is 11.1. The molecule has 0 saturated heterocycles. The van der Waals surface area contributed by atoms with E-state index in [4.69, 9.17) is 21.1 Å². The van der Waals surface area contributed by atoms with Gasteiger partial charge in [-0.1, -0.05) is 17.7 Å². The van der Waals surface area contributed by atoms with Crippen LogP contribution in [0.4, 0.5) is 15.8 Å². The van der Waals surface area contributed by atoms with Gasteiger partial charge in [0.1, 0.15) is 12.4 Å². The molecule has 0 aliphatic rings. The first-order valence-corrected chi connectivity index (χ1v) is 11.5. The Hall–Kier alpha value is -4.44. The van der Waals surface area contributed by atoms with Crippen molar-refractivity contribution in [1.29, 1.82) is 0 Å². The van der Waals surface area contributed by atoms with E-state index in [1.54, 1.807) is 55.5 Å². The predicted molar refractivity (Wildman–Crippen MR) is 138 cm³/mol. The lowest BCUT2D eigenvalue weighted by atomic mass is 10.2. The van der Waals surface area contributed by atoms with Gasteiger partial charge in [0.25, 0.3) is 0 Å². The maximum absolute atomic E-state index is 14.0. The third-order valence-electron chi connectivity index (χ3n) is 4.75. The van der Waals surface area contributed by atoms with Crippen molar-refractivity contribution in [2.75, 3.05) is 17.2 Å². The average molecular weight is 527 g/mol. The smallest absolute Gasteiger partial charge is 0.329 e. The number of hydrogen-bond acceptors (Lipinski definition) is 6. The highest BCUT2D eigenvalue weighted by Crippen LogP contribution is 2.30. The standard InChI is InChI=1S/C26H24ClFN4O5/c1-3-36-24-13-17(7-12-23(24)37-15-20-21(27)5-4-6-22(20)28)14-29-32-26(35)25(34)31-19-10-8-18(9-11-19)30-16(2)33/h4-14H,3,15H2,1-2H3,(H,30,33)(H,31,34)(H,32,35)/b29-14+. The largest absolute Gasteiger partial charge is 0.490 e. The second-order valence-electron chi connectivity index (χ2n) is 7.54. The second-order valence-corrected chi connectivity index (χ2v) is 7.95. The van der Waals surface area contributed by atoms with Gasteiger partial charge in [0.15, 0.2) is 11.5 Å². The zero-order valence-corrected chi connectivity index (χ0v) is 20.8. The molecule has 3 aromatic carbocycles. The van der Waals surface area contributed by atoms with Gasteiger partial charge in [-0.15, -0.1) is 0 Å². The van der Waals surface area contributed by atoms with Crippen LogP contribution in [0, 0.1) is 5.82 Å². The van der Waals surface area contributed by atoms with Crippen molar-refractivity contribution in [2.24, 2.45) is 5.10 Å². The van der Waals surface area contributed by atoms with Crippen LogP contribution in [0.15, 0.2) is 65.8 Å². The summed E-state index contributed by atoms with van der Waals surface area (Å²) in [7, 11) is 0. The van der Waals surface area contributed by atoms with Gasteiger partial charge in [-0.2, -0.15) is 5.10 Å². The monoisotopic (exact) mass is 526 g/mol. The van der Waals surface area contributed by atoms with Crippen LogP contribution in [-0.4, -0.2) is 30.5 Å². The van der Waals surface area contributed by atoms with E-state index in [0.29, 0.717) is 35.0 Å². The van der Waals surface area contributed by atoms with Gasteiger partial charge in [-0.3, -0.25) is 14.4 Å². The van der Waals surface area contributed by atoms with E-state index in [1.165, 1.54) is 25.3 Å². The normalized spacial score (nSPS) is 10.6. The van der Waals surface area contributed by atoms with Crippen LogP contribution < -0.4 is 25.5 Å². The van der Waals surface area contributed by atoms with Crippen LogP contribution in [-0.2, 0) is 21.0 Å². The Labute approximate surface area is 217 Å². The minimum atomic E-state index is -0.978. The number of hydrazone groups is 1. The molecule has 0 bridgehead atoms. The van der Waals surface area contributed by atoms with Crippen LogP contribution >= 0.6 is 11.6 Å². The zero-order valence-electron chi connectivity index (χ0n) is 20.0. The number of carbonyl (C=O) groups excluding carboxylic acids is 3. The maximum Gasteiger partial charge on any atom is 0.329 e. The van der Waals surface area contributed by atoms with E-state index < -0.39 is 17.6 Å².